The van der Waals surface area contributed by atoms with Crippen LogP contribution in [0.4, 0.5) is 0 Å². The van der Waals surface area contributed by atoms with Crippen molar-refractivity contribution in [3.8, 4) is 0 Å². The van der Waals surface area contributed by atoms with Crippen molar-refractivity contribution in [3.63, 3.8) is 0 Å². The monoisotopic (exact) mass is 128 g/mol. The molecule has 1 aliphatic rings. The van der Waals surface area contributed by atoms with Crippen molar-refractivity contribution in [2.75, 3.05) is 19.6 Å². The smallest absolute Gasteiger partial charge is 0.0573 e. The highest BCUT2D eigenvalue weighted by Crippen LogP contribution is 1.95. The van der Waals surface area contributed by atoms with Crippen LogP contribution in [-0.2, 0) is 0 Å². The van der Waals surface area contributed by atoms with Crippen molar-refractivity contribution in [3.05, 3.63) is 0 Å². The molecule has 1 radical (unpaired) electrons. The highest BCUT2D eigenvalue weighted by atomic mass is 15.2. The van der Waals surface area contributed by atoms with Gasteiger partial charge in [-0.05, 0) is 12.8 Å². The first-order valence-corrected chi connectivity index (χ1v) is 3.55. The first-order valence-electron chi connectivity index (χ1n) is 3.55. The van der Waals surface area contributed by atoms with Crippen molar-refractivity contribution in [1.82, 2.24) is 16.4 Å². The summed E-state index contributed by atoms with van der Waals surface area (Å²) in [4.78, 5) is 0. The molecule has 0 amide bonds. The lowest BCUT2D eigenvalue weighted by Gasteiger charge is -2.07. The van der Waals surface area contributed by atoms with Crippen LogP contribution in [-0.4, -0.2) is 25.8 Å². The quantitative estimate of drug-likeness (QED) is 0.541. The Bertz CT molecular complexity index is 68.7. The van der Waals surface area contributed by atoms with Crippen LogP contribution in [0, 0.1) is 0 Å². The third kappa shape index (κ3) is 2.30. The minimum Gasteiger partial charge on any atom is -0.301 e. The first kappa shape index (κ1) is 6.99. The summed E-state index contributed by atoms with van der Waals surface area (Å²) in [5.41, 5.74) is 6.91. The summed E-state index contributed by atoms with van der Waals surface area (Å²) in [7, 11) is 0. The molecule has 0 unspecified atom stereocenters. The van der Waals surface area contributed by atoms with Gasteiger partial charge in [0.1, 0.15) is 0 Å². The van der Waals surface area contributed by atoms with Gasteiger partial charge in [-0.1, -0.05) is 0 Å². The maximum absolute atomic E-state index is 6.91. The molecule has 53 valence electrons. The summed E-state index contributed by atoms with van der Waals surface area (Å²) in [6.07, 6.45) is 2.60. The summed E-state index contributed by atoms with van der Waals surface area (Å²) in [5, 5.41) is 6.59. The predicted octanol–water partition coefficient (Wildman–Crippen LogP) is -0.432. The van der Waals surface area contributed by atoms with E-state index in [1.54, 1.807) is 0 Å². The molecule has 0 atom stereocenters. The van der Waals surface area contributed by atoms with Gasteiger partial charge in [0, 0.05) is 19.6 Å². The highest BCUT2D eigenvalue weighted by molar-refractivity contribution is 4.71. The molecule has 1 aliphatic heterocycles. The Kier molecular flexibility index (Phi) is 2.97. The molecule has 3 nitrogen and oxygen atoms in total. The van der Waals surface area contributed by atoms with E-state index in [2.05, 4.69) is 10.6 Å². The fraction of sp³-hybridized carbons (Fsp3) is 1.00. The van der Waals surface area contributed by atoms with Crippen LogP contribution in [0.15, 0.2) is 0 Å². The molecular formula is C6H14N3. The van der Waals surface area contributed by atoms with Crippen LogP contribution >= 0.6 is 0 Å². The van der Waals surface area contributed by atoms with E-state index in [4.69, 9.17) is 5.73 Å². The Hall–Kier alpha value is -0.120. The molecule has 0 aliphatic carbocycles. The average molecular weight is 128 g/mol. The molecule has 1 rings (SSSR count). The molecule has 1 fully saturated rings. The second-order valence-corrected chi connectivity index (χ2v) is 2.35. The summed E-state index contributed by atoms with van der Waals surface area (Å²) in [6, 6.07) is 0. The zero-order valence-corrected chi connectivity index (χ0v) is 5.61. The molecule has 3 heteroatoms. The Balaban J connectivity index is 1.98. The van der Waals surface area contributed by atoms with E-state index in [1.807, 2.05) is 0 Å². The first-order chi connectivity index (χ1) is 4.43. The van der Waals surface area contributed by atoms with E-state index in [-0.39, 0.29) is 0 Å². The molecule has 9 heavy (non-hydrogen) atoms. The highest BCUT2D eigenvalue weighted by Gasteiger charge is 2.10. The minimum absolute atomic E-state index is 0.496. The van der Waals surface area contributed by atoms with Gasteiger partial charge in [0.05, 0.1) is 6.17 Å². The number of hydrogen-bond donors (Lipinski definition) is 2. The summed E-state index contributed by atoms with van der Waals surface area (Å²) < 4.78 is 0. The standard InChI is InChI=1S/C6H14N3/c7-3-1-2-6-8-4-5-9-6/h6-9H,1-5H2. The maximum atomic E-state index is 6.91. The third-order valence-corrected chi connectivity index (χ3v) is 1.58. The Morgan fingerprint density at radius 1 is 1.33 bits per heavy atom. The predicted molar refractivity (Wildman–Crippen MR) is 37.0 cm³/mol. The largest absolute Gasteiger partial charge is 0.301 e. The lowest BCUT2D eigenvalue weighted by Crippen LogP contribution is -2.30. The second kappa shape index (κ2) is 3.82. The van der Waals surface area contributed by atoms with E-state index >= 15 is 0 Å². The topological polar surface area (TPSA) is 47.9 Å². The van der Waals surface area contributed by atoms with Crippen LogP contribution in [0.25, 0.3) is 0 Å². The molecule has 0 aromatic rings. The van der Waals surface area contributed by atoms with Crippen LogP contribution in [0.5, 0.6) is 0 Å². The number of hydrogen-bond acceptors (Lipinski definition) is 2. The lowest BCUT2D eigenvalue weighted by molar-refractivity contribution is 0.497. The van der Waals surface area contributed by atoms with Crippen molar-refractivity contribution in [1.29, 1.82) is 0 Å². The average Bonchev–Trinajstić information content (AvgIpc) is 2.34. The van der Waals surface area contributed by atoms with Crippen molar-refractivity contribution < 1.29 is 0 Å². The minimum atomic E-state index is 0.496. The van der Waals surface area contributed by atoms with Gasteiger partial charge in [0.15, 0.2) is 0 Å². The normalized spacial score (nSPS) is 21.0. The van der Waals surface area contributed by atoms with Crippen molar-refractivity contribution in [2.24, 2.45) is 0 Å². The van der Waals surface area contributed by atoms with Crippen molar-refractivity contribution >= 4 is 0 Å². The van der Waals surface area contributed by atoms with E-state index < -0.39 is 0 Å². The van der Waals surface area contributed by atoms with Crippen LogP contribution in [0.1, 0.15) is 12.8 Å². The molecular weight excluding hydrogens is 114 g/mol. The van der Waals surface area contributed by atoms with Crippen LogP contribution in [0.3, 0.4) is 0 Å². The summed E-state index contributed by atoms with van der Waals surface area (Å²) in [5.74, 6) is 0. The maximum Gasteiger partial charge on any atom is 0.0573 e. The fourth-order valence-corrected chi connectivity index (χ4v) is 1.08. The van der Waals surface area contributed by atoms with E-state index in [0.29, 0.717) is 12.7 Å². The SMILES string of the molecule is [NH]CCCC1NCCN1. The molecule has 0 bridgehead atoms. The Morgan fingerprint density at radius 3 is 2.56 bits per heavy atom. The summed E-state index contributed by atoms with van der Waals surface area (Å²) >= 11 is 0. The van der Waals surface area contributed by atoms with Gasteiger partial charge >= 0.3 is 0 Å². The van der Waals surface area contributed by atoms with Gasteiger partial charge in [-0.15, -0.1) is 0 Å². The van der Waals surface area contributed by atoms with E-state index in [1.165, 1.54) is 0 Å². The molecule has 1 saturated heterocycles. The zero-order valence-electron chi connectivity index (χ0n) is 5.61. The van der Waals surface area contributed by atoms with Crippen LogP contribution in [0.2, 0.25) is 0 Å². The third-order valence-electron chi connectivity index (χ3n) is 1.58. The van der Waals surface area contributed by atoms with E-state index in [9.17, 15) is 0 Å². The molecule has 0 aromatic heterocycles. The molecule has 0 aromatic carbocycles. The Labute approximate surface area is 56.0 Å². The number of rotatable bonds is 3. The van der Waals surface area contributed by atoms with Crippen LogP contribution < -0.4 is 16.4 Å². The Morgan fingerprint density at radius 2 is 2.00 bits per heavy atom. The van der Waals surface area contributed by atoms with Gasteiger partial charge in [-0.3, -0.25) is 5.73 Å². The van der Waals surface area contributed by atoms with Gasteiger partial charge < -0.3 is 10.6 Å². The molecule has 1 heterocycles. The van der Waals surface area contributed by atoms with E-state index in [0.717, 1.165) is 25.9 Å². The number of nitrogens with one attached hydrogen (secondary N) is 3. The second-order valence-electron chi connectivity index (χ2n) is 2.35. The van der Waals surface area contributed by atoms with Gasteiger partial charge in [-0.25, -0.2) is 0 Å². The molecule has 0 saturated carbocycles. The van der Waals surface area contributed by atoms with Gasteiger partial charge in [0.2, 0.25) is 0 Å². The summed E-state index contributed by atoms with van der Waals surface area (Å²) in [6.45, 7) is 2.73. The molecule has 0 spiro atoms. The fourth-order valence-electron chi connectivity index (χ4n) is 1.08. The van der Waals surface area contributed by atoms with Crippen molar-refractivity contribution in [2.45, 2.75) is 19.0 Å². The molecule has 3 N–H and O–H groups in total. The van der Waals surface area contributed by atoms with Gasteiger partial charge in [0.25, 0.3) is 0 Å². The van der Waals surface area contributed by atoms with Gasteiger partial charge in [-0.2, -0.15) is 0 Å². The lowest BCUT2D eigenvalue weighted by atomic mass is 10.2. The zero-order chi connectivity index (χ0) is 6.53.